The smallest absolute Gasteiger partial charge is 0.410 e. The van der Waals surface area contributed by atoms with Crippen LogP contribution in [0.4, 0.5) is 16.6 Å². The molecule has 11 nitrogen and oxygen atoms in total. The van der Waals surface area contributed by atoms with E-state index in [-0.39, 0.29) is 12.0 Å². The van der Waals surface area contributed by atoms with Crippen LogP contribution in [0.5, 0.6) is 5.75 Å². The summed E-state index contributed by atoms with van der Waals surface area (Å²) in [4.78, 5) is 27.7. The lowest BCUT2D eigenvalue weighted by Gasteiger charge is -2.29. The zero-order valence-electron chi connectivity index (χ0n) is 23.2. The minimum Gasteiger partial charge on any atom is -0.495 e. The molecule has 0 bridgehead atoms. The van der Waals surface area contributed by atoms with Crippen LogP contribution in [0.15, 0.2) is 18.3 Å². The Morgan fingerprint density at radius 2 is 2.05 bits per heavy atom. The molecule has 204 valence electrons. The Hall–Kier alpha value is -3.89. The van der Waals surface area contributed by atoms with Crippen molar-refractivity contribution >= 4 is 34.5 Å². The Morgan fingerprint density at radius 1 is 1.26 bits per heavy atom. The number of pyridine rings is 1. The molecule has 3 aromatic heterocycles. The number of methoxy groups -OCH3 is 1. The van der Waals surface area contributed by atoms with Crippen molar-refractivity contribution in [3.63, 3.8) is 0 Å². The summed E-state index contributed by atoms with van der Waals surface area (Å²) in [5, 5.41) is 8.10. The van der Waals surface area contributed by atoms with Gasteiger partial charge in [0.15, 0.2) is 5.82 Å². The quantitative estimate of drug-likeness (QED) is 0.413. The van der Waals surface area contributed by atoms with E-state index in [1.54, 1.807) is 12.0 Å². The fourth-order valence-corrected chi connectivity index (χ4v) is 4.38. The van der Waals surface area contributed by atoms with Crippen LogP contribution >= 0.6 is 0 Å². The first kappa shape index (κ1) is 27.2. The highest BCUT2D eigenvalue weighted by molar-refractivity contribution is 5.88. The van der Waals surface area contributed by atoms with Gasteiger partial charge in [0.05, 0.1) is 19.3 Å². The van der Waals surface area contributed by atoms with Crippen molar-refractivity contribution in [2.24, 2.45) is 0 Å². The van der Waals surface area contributed by atoms with Crippen LogP contribution in [0.25, 0.3) is 16.6 Å². The first-order chi connectivity index (χ1) is 18.1. The Morgan fingerprint density at radius 3 is 2.71 bits per heavy atom. The number of aromatic nitrogens is 5. The average molecular weight is 523 g/mol. The third-order valence-electron chi connectivity index (χ3n) is 6.28. The Bertz CT molecular complexity index is 1340. The van der Waals surface area contributed by atoms with E-state index in [0.717, 1.165) is 47.4 Å². The van der Waals surface area contributed by atoms with E-state index in [0.29, 0.717) is 43.1 Å². The zero-order valence-corrected chi connectivity index (χ0v) is 23.2. The van der Waals surface area contributed by atoms with Crippen LogP contribution in [0.2, 0.25) is 0 Å². The monoisotopic (exact) mass is 522 g/mol. The van der Waals surface area contributed by atoms with Crippen molar-refractivity contribution in [3.05, 3.63) is 35.3 Å². The summed E-state index contributed by atoms with van der Waals surface area (Å²) in [6, 6.07) is 1.99. The van der Waals surface area contributed by atoms with E-state index < -0.39 is 5.60 Å². The van der Waals surface area contributed by atoms with Gasteiger partial charge in [0.25, 0.3) is 0 Å². The summed E-state index contributed by atoms with van der Waals surface area (Å²) in [5.74, 6) is 1.54. The number of hydrogen-bond acceptors (Lipinski definition) is 9. The summed E-state index contributed by atoms with van der Waals surface area (Å²) in [5.41, 5.74) is 10.6. The van der Waals surface area contributed by atoms with E-state index in [2.05, 4.69) is 22.2 Å². The molecule has 0 aliphatic carbocycles. The molecule has 1 aliphatic rings. The fourth-order valence-electron chi connectivity index (χ4n) is 4.38. The van der Waals surface area contributed by atoms with Crippen molar-refractivity contribution in [3.8, 4) is 5.75 Å². The Balaban J connectivity index is 1.57. The first-order valence-corrected chi connectivity index (χ1v) is 13.0. The second-order valence-corrected chi connectivity index (χ2v) is 10.4. The lowest BCUT2D eigenvalue weighted by atomic mass is 10.0. The molecule has 0 unspecified atom stereocenters. The van der Waals surface area contributed by atoms with Crippen molar-refractivity contribution in [2.75, 3.05) is 37.8 Å². The summed E-state index contributed by atoms with van der Waals surface area (Å²) in [6.45, 7) is 11.9. The minimum atomic E-state index is -0.516. The number of carbonyl (C=O) groups excluding carboxylic acids is 1. The topological polar surface area (TPSA) is 133 Å². The van der Waals surface area contributed by atoms with Crippen molar-refractivity contribution in [1.29, 1.82) is 0 Å². The SMILES string of the molecule is CCCCNc1nc(N)nc2c(C)nn(Cc3ncc(C4=CCN(C(=O)OC(C)(C)C)CC4)cc3OC)c12. The maximum atomic E-state index is 12.4. The molecule has 3 aromatic rings. The number of nitrogens with one attached hydrogen (secondary N) is 1. The third kappa shape index (κ3) is 6.15. The van der Waals surface area contributed by atoms with Crippen LogP contribution in [0.1, 0.15) is 63.9 Å². The molecule has 0 saturated carbocycles. The van der Waals surface area contributed by atoms with Gasteiger partial charge in [0, 0.05) is 25.8 Å². The number of fused-ring (bicyclic) bond motifs is 1. The van der Waals surface area contributed by atoms with Gasteiger partial charge in [-0.1, -0.05) is 19.4 Å². The van der Waals surface area contributed by atoms with Crippen LogP contribution in [0, 0.1) is 6.92 Å². The highest BCUT2D eigenvalue weighted by atomic mass is 16.6. The predicted molar refractivity (Wildman–Crippen MR) is 148 cm³/mol. The summed E-state index contributed by atoms with van der Waals surface area (Å²) < 4.78 is 13.1. The van der Waals surface area contributed by atoms with Crippen LogP contribution in [-0.2, 0) is 11.3 Å². The molecule has 0 spiro atoms. The number of nitrogen functional groups attached to an aromatic ring is 1. The summed E-state index contributed by atoms with van der Waals surface area (Å²) >= 11 is 0. The molecule has 0 radical (unpaired) electrons. The maximum Gasteiger partial charge on any atom is 0.410 e. The van der Waals surface area contributed by atoms with Crippen LogP contribution in [-0.4, -0.2) is 68.1 Å². The Kier molecular flexibility index (Phi) is 8.03. The molecule has 38 heavy (non-hydrogen) atoms. The molecule has 0 fully saturated rings. The van der Waals surface area contributed by atoms with Gasteiger partial charge in [-0.15, -0.1) is 0 Å². The van der Waals surface area contributed by atoms with E-state index >= 15 is 0 Å². The number of carbonyl (C=O) groups is 1. The normalized spacial score (nSPS) is 13.9. The lowest BCUT2D eigenvalue weighted by molar-refractivity contribution is 0.0270. The van der Waals surface area contributed by atoms with Gasteiger partial charge in [-0.2, -0.15) is 10.1 Å². The molecule has 3 N–H and O–H groups in total. The molecule has 0 aromatic carbocycles. The standard InChI is InChI=1S/C27H38N8O3/c1-7-8-11-29-24-23-22(31-25(28)32-24)17(2)33-35(23)16-20-21(37-6)14-19(15-30-20)18-9-12-34(13-10-18)26(36)38-27(3,4)5/h9,14-15H,7-8,10-13,16H2,1-6H3,(H3,28,29,31,32). The first-order valence-electron chi connectivity index (χ1n) is 13.0. The number of anilines is 2. The van der Waals surface area contributed by atoms with E-state index in [9.17, 15) is 4.79 Å². The number of amides is 1. The van der Waals surface area contributed by atoms with Crippen LogP contribution < -0.4 is 15.8 Å². The molecule has 0 saturated heterocycles. The minimum absolute atomic E-state index is 0.213. The molecule has 4 heterocycles. The fraction of sp³-hybridized carbons (Fsp3) is 0.519. The molecule has 0 atom stereocenters. The van der Waals surface area contributed by atoms with Gasteiger partial charge in [0.2, 0.25) is 5.95 Å². The highest BCUT2D eigenvalue weighted by Crippen LogP contribution is 2.30. The maximum absolute atomic E-state index is 12.4. The highest BCUT2D eigenvalue weighted by Gasteiger charge is 2.24. The van der Waals surface area contributed by atoms with E-state index in [1.807, 2.05) is 50.7 Å². The number of nitrogens with zero attached hydrogens (tertiary/aromatic N) is 6. The van der Waals surface area contributed by atoms with Crippen LogP contribution in [0.3, 0.4) is 0 Å². The number of hydrogen-bond donors (Lipinski definition) is 2. The molecule has 4 rings (SSSR count). The molecular formula is C27H38N8O3. The lowest BCUT2D eigenvalue weighted by Crippen LogP contribution is -2.39. The second kappa shape index (κ2) is 11.2. The largest absolute Gasteiger partial charge is 0.495 e. The summed E-state index contributed by atoms with van der Waals surface area (Å²) in [7, 11) is 1.64. The van der Waals surface area contributed by atoms with E-state index in [1.165, 1.54) is 0 Å². The zero-order chi connectivity index (χ0) is 27.4. The average Bonchev–Trinajstić information content (AvgIpc) is 3.18. The van der Waals surface area contributed by atoms with Gasteiger partial charge in [0.1, 0.15) is 28.1 Å². The van der Waals surface area contributed by atoms with Gasteiger partial charge in [-0.05, 0) is 57.7 Å². The summed E-state index contributed by atoms with van der Waals surface area (Å²) in [6.07, 6.45) is 6.38. The van der Waals surface area contributed by atoms with Crippen molar-refractivity contribution in [2.45, 2.75) is 66.0 Å². The second-order valence-electron chi connectivity index (χ2n) is 10.4. The molecular weight excluding hydrogens is 484 g/mol. The Labute approximate surface area is 223 Å². The number of rotatable bonds is 8. The van der Waals surface area contributed by atoms with Gasteiger partial charge in [-0.3, -0.25) is 9.67 Å². The molecule has 1 amide bonds. The third-order valence-corrected chi connectivity index (χ3v) is 6.28. The number of ether oxygens (including phenoxy) is 2. The molecule has 11 heteroatoms. The number of nitrogens with two attached hydrogens (primary N) is 1. The van der Waals surface area contributed by atoms with Gasteiger partial charge in [-0.25, -0.2) is 9.78 Å². The predicted octanol–water partition coefficient (Wildman–Crippen LogP) is 4.41. The number of unbranched alkanes of at least 4 members (excludes halogenated alkanes) is 1. The van der Waals surface area contributed by atoms with Gasteiger partial charge < -0.3 is 25.4 Å². The number of aryl methyl sites for hydroxylation is 1. The molecule has 1 aliphatic heterocycles. The van der Waals surface area contributed by atoms with Crippen molar-refractivity contribution < 1.29 is 14.3 Å². The van der Waals surface area contributed by atoms with Crippen molar-refractivity contribution in [1.82, 2.24) is 29.6 Å². The van der Waals surface area contributed by atoms with E-state index in [4.69, 9.17) is 25.3 Å². The van der Waals surface area contributed by atoms with Gasteiger partial charge >= 0.3 is 6.09 Å².